The molecule has 0 aromatic heterocycles. The lowest BCUT2D eigenvalue weighted by molar-refractivity contribution is -0.137. The largest absolute Gasteiger partial charge is 0.487 e. The number of hydrogen-bond donors (Lipinski definition) is 1. The highest BCUT2D eigenvalue weighted by Crippen LogP contribution is 2.29. The van der Waals surface area contributed by atoms with Gasteiger partial charge in [-0.25, -0.2) is 0 Å². The summed E-state index contributed by atoms with van der Waals surface area (Å²) in [5.41, 5.74) is 6.32. The second kappa shape index (κ2) is 5.75. The summed E-state index contributed by atoms with van der Waals surface area (Å²) in [6, 6.07) is 11.2. The Morgan fingerprint density at radius 3 is 2.29 bits per heavy atom. The van der Waals surface area contributed by atoms with Crippen molar-refractivity contribution >= 4 is 5.69 Å². The zero-order chi connectivity index (χ0) is 15.5. The predicted molar refractivity (Wildman–Crippen MR) is 71.3 cm³/mol. The van der Waals surface area contributed by atoms with Crippen LogP contribution in [0.4, 0.5) is 18.9 Å². The van der Waals surface area contributed by atoms with E-state index in [1.54, 1.807) is 12.1 Å². The van der Waals surface area contributed by atoms with Crippen molar-refractivity contribution in [3.05, 3.63) is 59.2 Å². The third-order valence-corrected chi connectivity index (χ3v) is 2.81. The average Bonchev–Trinajstić information content (AvgIpc) is 2.45. The highest BCUT2D eigenvalue weighted by atomic mass is 19.4. The first kappa shape index (κ1) is 14.7. The van der Waals surface area contributed by atoms with E-state index in [2.05, 4.69) is 0 Å². The number of nitrogens with zero attached hydrogens (tertiary/aromatic N) is 1. The summed E-state index contributed by atoms with van der Waals surface area (Å²) in [4.78, 5) is 0. The van der Waals surface area contributed by atoms with Crippen LogP contribution in [0.3, 0.4) is 0 Å². The highest BCUT2D eigenvalue weighted by molar-refractivity contribution is 5.56. The van der Waals surface area contributed by atoms with Crippen LogP contribution in [0.25, 0.3) is 0 Å². The number of halogens is 3. The lowest BCUT2D eigenvalue weighted by atomic mass is 10.1. The third-order valence-electron chi connectivity index (χ3n) is 2.81. The summed E-state index contributed by atoms with van der Waals surface area (Å²) in [7, 11) is 0. The van der Waals surface area contributed by atoms with E-state index in [0.29, 0.717) is 22.6 Å². The number of nitrogen functional groups attached to an aromatic ring is 1. The number of benzene rings is 2. The topological polar surface area (TPSA) is 59.0 Å². The normalized spacial score (nSPS) is 11.0. The van der Waals surface area contributed by atoms with Crippen LogP contribution in [0.1, 0.15) is 16.7 Å². The number of alkyl halides is 3. The van der Waals surface area contributed by atoms with Crippen LogP contribution < -0.4 is 10.5 Å². The first-order chi connectivity index (χ1) is 9.90. The number of nitrogens with two attached hydrogens (primary N) is 1. The molecule has 6 heteroatoms. The van der Waals surface area contributed by atoms with Gasteiger partial charge in [-0.15, -0.1) is 0 Å². The predicted octanol–water partition coefficient (Wildman–Crippen LogP) is 3.74. The van der Waals surface area contributed by atoms with Gasteiger partial charge in [0, 0.05) is 0 Å². The number of ether oxygens (including phenoxy) is 1. The van der Waals surface area contributed by atoms with Crippen LogP contribution in [0.15, 0.2) is 42.5 Å². The van der Waals surface area contributed by atoms with Gasteiger partial charge < -0.3 is 10.5 Å². The first-order valence-electron chi connectivity index (χ1n) is 5.98. The van der Waals surface area contributed by atoms with Gasteiger partial charge in [-0.05, 0) is 35.9 Å². The lowest BCUT2D eigenvalue weighted by Gasteiger charge is -2.10. The molecule has 108 valence electrons. The molecule has 0 radical (unpaired) electrons. The Labute approximate surface area is 119 Å². The maximum atomic E-state index is 12.4. The van der Waals surface area contributed by atoms with Crippen molar-refractivity contribution in [3.63, 3.8) is 0 Å². The molecule has 3 nitrogen and oxygen atoms in total. The quantitative estimate of drug-likeness (QED) is 0.877. The van der Waals surface area contributed by atoms with Gasteiger partial charge in [0.1, 0.15) is 12.4 Å². The molecule has 2 aromatic carbocycles. The molecular weight excluding hydrogens is 281 g/mol. The van der Waals surface area contributed by atoms with Crippen molar-refractivity contribution in [2.24, 2.45) is 0 Å². The van der Waals surface area contributed by atoms with Gasteiger partial charge in [0.25, 0.3) is 0 Å². The summed E-state index contributed by atoms with van der Waals surface area (Å²) in [5.74, 6) is 0.383. The zero-order valence-corrected chi connectivity index (χ0v) is 10.8. The van der Waals surface area contributed by atoms with E-state index in [1.807, 2.05) is 6.07 Å². The summed E-state index contributed by atoms with van der Waals surface area (Å²) in [6.45, 7) is 0.0915. The fourth-order valence-electron chi connectivity index (χ4n) is 1.70. The Bertz CT molecular complexity index is 673. The van der Waals surface area contributed by atoms with Gasteiger partial charge >= 0.3 is 6.18 Å². The molecule has 21 heavy (non-hydrogen) atoms. The monoisotopic (exact) mass is 292 g/mol. The van der Waals surface area contributed by atoms with Crippen molar-refractivity contribution in [1.29, 1.82) is 5.26 Å². The number of rotatable bonds is 3. The standard InChI is InChI=1S/C15H11F3N2O/c16-15(17,18)12-4-1-10(2-5-12)9-21-14-6-3-11(8-19)7-13(14)20/h1-7H,9,20H2. The van der Waals surface area contributed by atoms with Crippen molar-refractivity contribution < 1.29 is 17.9 Å². The number of nitriles is 1. The fourth-order valence-corrected chi connectivity index (χ4v) is 1.70. The molecule has 0 saturated heterocycles. The Morgan fingerprint density at radius 1 is 1.10 bits per heavy atom. The Kier molecular flexibility index (Phi) is 4.03. The smallest absolute Gasteiger partial charge is 0.416 e. The van der Waals surface area contributed by atoms with E-state index < -0.39 is 11.7 Å². The van der Waals surface area contributed by atoms with Gasteiger partial charge in [0.05, 0.1) is 22.9 Å². The number of hydrogen-bond acceptors (Lipinski definition) is 3. The van der Waals surface area contributed by atoms with Gasteiger partial charge in [-0.1, -0.05) is 12.1 Å². The number of anilines is 1. The van der Waals surface area contributed by atoms with E-state index in [1.165, 1.54) is 18.2 Å². The average molecular weight is 292 g/mol. The molecule has 2 aromatic rings. The van der Waals surface area contributed by atoms with Gasteiger partial charge in [0.15, 0.2) is 0 Å². The molecule has 0 aliphatic heterocycles. The van der Waals surface area contributed by atoms with E-state index in [4.69, 9.17) is 15.7 Å². The minimum atomic E-state index is -4.35. The van der Waals surface area contributed by atoms with Crippen LogP contribution in [0, 0.1) is 11.3 Å². The van der Waals surface area contributed by atoms with E-state index in [-0.39, 0.29) is 6.61 Å². The van der Waals surface area contributed by atoms with Gasteiger partial charge in [-0.2, -0.15) is 18.4 Å². The minimum Gasteiger partial charge on any atom is -0.487 e. The first-order valence-corrected chi connectivity index (χ1v) is 5.98. The van der Waals surface area contributed by atoms with Crippen LogP contribution in [0.2, 0.25) is 0 Å². The molecule has 0 saturated carbocycles. The van der Waals surface area contributed by atoms with Crippen LogP contribution in [0.5, 0.6) is 5.75 Å². The van der Waals surface area contributed by atoms with Crippen LogP contribution in [-0.4, -0.2) is 0 Å². The molecule has 0 atom stereocenters. The fraction of sp³-hybridized carbons (Fsp3) is 0.133. The maximum absolute atomic E-state index is 12.4. The molecule has 0 spiro atoms. The second-order valence-electron chi connectivity index (χ2n) is 4.35. The Hall–Kier alpha value is -2.68. The molecule has 0 unspecified atom stereocenters. The molecule has 0 heterocycles. The van der Waals surface area contributed by atoms with Gasteiger partial charge in [0.2, 0.25) is 0 Å². The molecule has 0 aliphatic rings. The van der Waals surface area contributed by atoms with Crippen molar-refractivity contribution in [3.8, 4) is 11.8 Å². The maximum Gasteiger partial charge on any atom is 0.416 e. The van der Waals surface area contributed by atoms with Crippen molar-refractivity contribution in [1.82, 2.24) is 0 Å². The summed E-state index contributed by atoms with van der Waals surface area (Å²) in [5, 5.41) is 8.71. The molecule has 0 aliphatic carbocycles. The molecular formula is C15H11F3N2O. The van der Waals surface area contributed by atoms with E-state index in [9.17, 15) is 13.2 Å². The highest BCUT2D eigenvalue weighted by Gasteiger charge is 2.29. The van der Waals surface area contributed by atoms with Crippen molar-refractivity contribution in [2.45, 2.75) is 12.8 Å². The minimum absolute atomic E-state index is 0.0915. The lowest BCUT2D eigenvalue weighted by Crippen LogP contribution is -2.05. The van der Waals surface area contributed by atoms with Crippen molar-refractivity contribution in [2.75, 3.05) is 5.73 Å². The summed E-state index contributed by atoms with van der Waals surface area (Å²) in [6.07, 6.45) is -4.35. The van der Waals surface area contributed by atoms with E-state index in [0.717, 1.165) is 12.1 Å². The SMILES string of the molecule is N#Cc1ccc(OCc2ccc(C(F)(F)F)cc2)c(N)c1. The molecule has 0 fully saturated rings. The van der Waals surface area contributed by atoms with E-state index >= 15 is 0 Å². The molecule has 2 N–H and O–H groups in total. The summed E-state index contributed by atoms with van der Waals surface area (Å²) >= 11 is 0. The van der Waals surface area contributed by atoms with Crippen LogP contribution in [-0.2, 0) is 12.8 Å². The third kappa shape index (κ3) is 3.66. The second-order valence-corrected chi connectivity index (χ2v) is 4.35. The Balaban J connectivity index is 2.05. The zero-order valence-electron chi connectivity index (χ0n) is 10.8. The molecule has 0 amide bonds. The van der Waals surface area contributed by atoms with Crippen LogP contribution >= 0.6 is 0 Å². The molecule has 0 bridgehead atoms. The molecule has 2 rings (SSSR count). The van der Waals surface area contributed by atoms with Gasteiger partial charge in [-0.3, -0.25) is 0 Å². The Morgan fingerprint density at radius 2 is 1.76 bits per heavy atom. The summed E-state index contributed by atoms with van der Waals surface area (Å²) < 4.78 is 42.7.